The Hall–Kier alpha value is -2.57. The Morgan fingerprint density at radius 3 is 2.77 bits per heavy atom. The first-order valence-corrected chi connectivity index (χ1v) is 9.17. The number of nitrogens with two attached hydrogens (primary N) is 1. The number of nitrogens with zero attached hydrogens (tertiary/aromatic N) is 4. The number of aromatic nitrogens is 4. The molecule has 0 aliphatic heterocycles. The second-order valence-corrected chi connectivity index (χ2v) is 7.16. The SMILES string of the molecule is Cc1cccnc1C[C@H](N)c1ncccc1-n1ncc2cc(Br)ccc21. The first-order valence-electron chi connectivity index (χ1n) is 8.38. The molecule has 4 aromatic rings. The molecule has 3 heterocycles. The third-order valence-corrected chi connectivity index (χ3v) is 4.95. The van der Waals surface area contributed by atoms with Gasteiger partial charge in [0.1, 0.15) is 0 Å². The number of hydrogen-bond donors (Lipinski definition) is 1. The summed E-state index contributed by atoms with van der Waals surface area (Å²) in [7, 11) is 0. The van der Waals surface area contributed by atoms with Crippen molar-refractivity contribution in [3.05, 3.63) is 82.5 Å². The van der Waals surface area contributed by atoms with E-state index in [0.717, 1.165) is 38.0 Å². The van der Waals surface area contributed by atoms with E-state index in [1.807, 2.05) is 60.3 Å². The lowest BCUT2D eigenvalue weighted by atomic mass is 10.0. The van der Waals surface area contributed by atoms with E-state index >= 15 is 0 Å². The van der Waals surface area contributed by atoms with Crippen molar-refractivity contribution >= 4 is 26.8 Å². The van der Waals surface area contributed by atoms with Gasteiger partial charge in [-0.1, -0.05) is 22.0 Å². The van der Waals surface area contributed by atoms with Crippen LogP contribution in [0.4, 0.5) is 0 Å². The van der Waals surface area contributed by atoms with Crippen molar-refractivity contribution in [3.63, 3.8) is 0 Å². The molecule has 2 N–H and O–H groups in total. The Morgan fingerprint density at radius 2 is 1.92 bits per heavy atom. The highest BCUT2D eigenvalue weighted by Gasteiger charge is 2.17. The van der Waals surface area contributed by atoms with Crippen LogP contribution in [0.25, 0.3) is 16.6 Å². The van der Waals surface area contributed by atoms with Gasteiger partial charge in [-0.15, -0.1) is 0 Å². The fourth-order valence-electron chi connectivity index (χ4n) is 3.11. The lowest BCUT2D eigenvalue weighted by molar-refractivity contribution is 0.669. The van der Waals surface area contributed by atoms with E-state index in [2.05, 4.69) is 31.0 Å². The first kappa shape index (κ1) is 16.9. The number of halogens is 1. The molecule has 0 unspecified atom stereocenters. The highest BCUT2D eigenvalue weighted by atomic mass is 79.9. The van der Waals surface area contributed by atoms with Crippen LogP contribution in [0.1, 0.15) is 23.0 Å². The quantitative estimate of drug-likeness (QED) is 0.551. The molecule has 0 fully saturated rings. The molecule has 0 amide bonds. The number of benzene rings is 1. The normalized spacial score (nSPS) is 12.4. The summed E-state index contributed by atoms with van der Waals surface area (Å²) in [6, 6.07) is 13.7. The van der Waals surface area contributed by atoms with E-state index < -0.39 is 0 Å². The fraction of sp³-hybridized carbons (Fsp3) is 0.150. The summed E-state index contributed by atoms with van der Waals surface area (Å²) in [6.45, 7) is 2.05. The predicted octanol–water partition coefficient (Wildman–Crippen LogP) is 4.13. The fourth-order valence-corrected chi connectivity index (χ4v) is 3.49. The summed E-state index contributed by atoms with van der Waals surface area (Å²) in [5.74, 6) is 0. The van der Waals surface area contributed by atoms with Gasteiger partial charge in [0.25, 0.3) is 0 Å². The minimum atomic E-state index is -0.269. The van der Waals surface area contributed by atoms with Crippen molar-refractivity contribution in [2.45, 2.75) is 19.4 Å². The molecule has 0 aliphatic rings. The number of pyridine rings is 2. The molecule has 3 aromatic heterocycles. The van der Waals surface area contributed by atoms with Gasteiger partial charge in [-0.2, -0.15) is 5.10 Å². The number of rotatable bonds is 4. The average molecular weight is 408 g/mol. The molecule has 5 nitrogen and oxygen atoms in total. The Labute approximate surface area is 160 Å². The first-order chi connectivity index (χ1) is 12.6. The van der Waals surface area contributed by atoms with Gasteiger partial charge in [-0.3, -0.25) is 9.97 Å². The van der Waals surface area contributed by atoms with Crippen molar-refractivity contribution < 1.29 is 0 Å². The lowest BCUT2D eigenvalue weighted by Gasteiger charge is -2.16. The highest BCUT2D eigenvalue weighted by Crippen LogP contribution is 2.26. The van der Waals surface area contributed by atoms with Gasteiger partial charge in [-0.05, 0) is 48.9 Å². The second kappa shape index (κ2) is 6.97. The third-order valence-electron chi connectivity index (χ3n) is 4.46. The minimum absolute atomic E-state index is 0.269. The Balaban J connectivity index is 1.76. The van der Waals surface area contributed by atoms with Gasteiger partial charge in [-0.25, -0.2) is 4.68 Å². The van der Waals surface area contributed by atoms with Crippen LogP contribution in [0.5, 0.6) is 0 Å². The van der Waals surface area contributed by atoms with Crippen molar-refractivity contribution in [2.75, 3.05) is 0 Å². The van der Waals surface area contributed by atoms with E-state index in [1.54, 1.807) is 12.4 Å². The van der Waals surface area contributed by atoms with Gasteiger partial charge in [0, 0.05) is 34.4 Å². The molecule has 0 saturated carbocycles. The van der Waals surface area contributed by atoms with Crippen LogP contribution in [0.15, 0.2) is 65.5 Å². The highest BCUT2D eigenvalue weighted by molar-refractivity contribution is 9.10. The largest absolute Gasteiger partial charge is 0.322 e. The van der Waals surface area contributed by atoms with Crippen molar-refractivity contribution in [1.82, 2.24) is 19.7 Å². The Kier molecular flexibility index (Phi) is 4.53. The van der Waals surface area contributed by atoms with Crippen LogP contribution in [0.3, 0.4) is 0 Å². The molecule has 0 bridgehead atoms. The number of fused-ring (bicyclic) bond motifs is 1. The summed E-state index contributed by atoms with van der Waals surface area (Å²) >= 11 is 3.50. The van der Waals surface area contributed by atoms with Crippen molar-refractivity contribution in [2.24, 2.45) is 5.73 Å². The Morgan fingerprint density at radius 1 is 1.12 bits per heavy atom. The average Bonchev–Trinajstić information content (AvgIpc) is 3.06. The zero-order valence-corrected chi connectivity index (χ0v) is 15.9. The summed E-state index contributed by atoms with van der Waals surface area (Å²) in [5.41, 5.74) is 11.4. The van der Waals surface area contributed by atoms with E-state index in [4.69, 9.17) is 5.73 Å². The minimum Gasteiger partial charge on any atom is -0.322 e. The van der Waals surface area contributed by atoms with Crippen molar-refractivity contribution in [1.29, 1.82) is 0 Å². The number of aryl methyl sites for hydroxylation is 1. The van der Waals surface area contributed by atoms with Crippen molar-refractivity contribution in [3.8, 4) is 5.69 Å². The van der Waals surface area contributed by atoms with Gasteiger partial charge < -0.3 is 5.73 Å². The van der Waals surface area contributed by atoms with E-state index in [-0.39, 0.29) is 6.04 Å². The van der Waals surface area contributed by atoms with Gasteiger partial charge in [0.05, 0.1) is 29.1 Å². The molecule has 1 aromatic carbocycles. The van der Waals surface area contributed by atoms with Crippen LogP contribution < -0.4 is 5.73 Å². The zero-order valence-electron chi connectivity index (χ0n) is 14.3. The third kappa shape index (κ3) is 3.13. The zero-order chi connectivity index (χ0) is 18.1. The van der Waals surface area contributed by atoms with Crippen LogP contribution in [-0.4, -0.2) is 19.7 Å². The molecule has 0 aliphatic carbocycles. The molecular formula is C20H18BrN5. The predicted molar refractivity (Wildman–Crippen MR) is 106 cm³/mol. The molecule has 6 heteroatoms. The number of hydrogen-bond acceptors (Lipinski definition) is 4. The van der Waals surface area contributed by atoms with E-state index in [0.29, 0.717) is 6.42 Å². The summed E-state index contributed by atoms with van der Waals surface area (Å²) in [4.78, 5) is 9.02. The molecule has 1 atom stereocenters. The van der Waals surface area contributed by atoms with E-state index in [1.165, 1.54) is 0 Å². The molecule has 4 rings (SSSR count). The standard InChI is InChI=1S/C20H18BrN5/c1-13-4-2-8-23-17(13)11-16(22)20-19(5-3-9-24-20)26-18-7-6-15(21)10-14(18)12-25-26/h2-10,12,16H,11,22H2,1H3/t16-/m0/s1. The van der Waals surface area contributed by atoms with Gasteiger partial charge >= 0.3 is 0 Å². The molecule has 0 spiro atoms. The maximum atomic E-state index is 6.52. The summed E-state index contributed by atoms with van der Waals surface area (Å²) in [6.07, 6.45) is 6.05. The van der Waals surface area contributed by atoms with Crippen LogP contribution in [0, 0.1) is 6.92 Å². The molecule has 0 saturated heterocycles. The Bertz CT molecular complexity index is 1070. The summed E-state index contributed by atoms with van der Waals surface area (Å²) < 4.78 is 2.92. The van der Waals surface area contributed by atoms with Crippen LogP contribution in [0.2, 0.25) is 0 Å². The monoisotopic (exact) mass is 407 g/mol. The molecular weight excluding hydrogens is 390 g/mol. The van der Waals surface area contributed by atoms with E-state index in [9.17, 15) is 0 Å². The van der Waals surface area contributed by atoms with Crippen LogP contribution >= 0.6 is 15.9 Å². The smallest absolute Gasteiger partial charge is 0.0884 e. The maximum Gasteiger partial charge on any atom is 0.0884 e. The maximum absolute atomic E-state index is 6.52. The lowest BCUT2D eigenvalue weighted by Crippen LogP contribution is -2.19. The molecule has 130 valence electrons. The van der Waals surface area contributed by atoms with Gasteiger partial charge in [0.2, 0.25) is 0 Å². The second-order valence-electron chi connectivity index (χ2n) is 6.24. The summed E-state index contributed by atoms with van der Waals surface area (Å²) in [5, 5.41) is 5.62. The molecule has 0 radical (unpaired) electrons. The van der Waals surface area contributed by atoms with Gasteiger partial charge in [0.15, 0.2) is 0 Å². The topological polar surface area (TPSA) is 69.6 Å². The van der Waals surface area contributed by atoms with Crippen LogP contribution in [-0.2, 0) is 6.42 Å². The molecule has 26 heavy (non-hydrogen) atoms.